The topological polar surface area (TPSA) is 37.3 Å². The highest BCUT2D eigenvalue weighted by Gasteiger charge is 2.63. The second-order valence-electron chi connectivity index (χ2n) is 5.11. The van der Waals surface area contributed by atoms with Crippen LogP contribution in [0.5, 0.6) is 0 Å². The molecule has 3 aliphatic rings. The molecule has 0 amide bonds. The Morgan fingerprint density at radius 2 is 2.15 bits per heavy atom. The zero-order chi connectivity index (χ0) is 9.05. The van der Waals surface area contributed by atoms with Gasteiger partial charge in [-0.25, -0.2) is 0 Å². The van der Waals surface area contributed by atoms with E-state index in [0.717, 1.165) is 18.8 Å². The average molecular weight is 180 g/mol. The highest BCUT2D eigenvalue weighted by atomic mass is 16.4. The summed E-state index contributed by atoms with van der Waals surface area (Å²) in [5, 5.41) is 9.40. The fourth-order valence-corrected chi connectivity index (χ4v) is 4.51. The fraction of sp³-hybridized carbons (Fsp3) is 0.909. The van der Waals surface area contributed by atoms with Gasteiger partial charge in [0.1, 0.15) is 0 Å². The summed E-state index contributed by atoms with van der Waals surface area (Å²) in [5.74, 6) is 1.36. The maximum absolute atomic E-state index is 11.4. The molecule has 0 unspecified atom stereocenters. The molecule has 1 N–H and O–H groups in total. The number of hydrogen-bond donors (Lipinski definition) is 1. The zero-order valence-electron chi connectivity index (χ0n) is 7.83. The molecule has 0 heterocycles. The van der Waals surface area contributed by atoms with E-state index >= 15 is 0 Å². The van der Waals surface area contributed by atoms with E-state index in [-0.39, 0.29) is 5.41 Å². The Bertz CT molecular complexity index is 261. The van der Waals surface area contributed by atoms with Gasteiger partial charge in [-0.3, -0.25) is 4.79 Å². The molecule has 3 saturated carbocycles. The van der Waals surface area contributed by atoms with Crippen LogP contribution in [0, 0.1) is 23.2 Å². The van der Waals surface area contributed by atoms with Crippen molar-refractivity contribution in [2.24, 2.45) is 23.2 Å². The van der Waals surface area contributed by atoms with E-state index in [9.17, 15) is 9.90 Å². The Hall–Kier alpha value is -0.530. The van der Waals surface area contributed by atoms with Crippen LogP contribution in [0.4, 0.5) is 0 Å². The molecule has 4 atom stereocenters. The SMILES string of the molecule is O=C(O)[C@]12CCC[C@@H]1[C@H]1CC[C@H]2C1. The van der Waals surface area contributed by atoms with E-state index in [4.69, 9.17) is 0 Å². The third kappa shape index (κ3) is 0.733. The van der Waals surface area contributed by atoms with Crippen LogP contribution < -0.4 is 0 Å². The Kier molecular flexibility index (Phi) is 1.38. The molecule has 3 rings (SSSR count). The third-order valence-electron chi connectivity index (χ3n) is 4.94. The van der Waals surface area contributed by atoms with Gasteiger partial charge in [0.25, 0.3) is 0 Å². The van der Waals surface area contributed by atoms with E-state index in [1.54, 1.807) is 0 Å². The molecular weight excluding hydrogens is 164 g/mol. The standard InChI is InChI=1S/C11H16O2/c12-10(13)11-5-1-2-9(11)7-3-4-8(11)6-7/h7-9H,1-6H2,(H,12,13)/t7-,8-,9+,11-/m0/s1. The maximum Gasteiger partial charge on any atom is 0.310 e. The summed E-state index contributed by atoms with van der Waals surface area (Å²) in [5.41, 5.74) is -0.261. The Morgan fingerprint density at radius 1 is 1.31 bits per heavy atom. The van der Waals surface area contributed by atoms with E-state index in [0.29, 0.717) is 11.8 Å². The normalized spacial score (nSPS) is 52.5. The molecule has 0 saturated heterocycles. The minimum Gasteiger partial charge on any atom is -0.481 e. The average Bonchev–Trinajstić information content (AvgIpc) is 2.76. The van der Waals surface area contributed by atoms with Crippen LogP contribution in [0.15, 0.2) is 0 Å². The van der Waals surface area contributed by atoms with Crippen LogP contribution in [-0.4, -0.2) is 11.1 Å². The van der Waals surface area contributed by atoms with Gasteiger partial charge < -0.3 is 5.11 Å². The first-order chi connectivity index (χ1) is 6.25. The first-order valence-electron chi connectivity index (χ1n) is 5.48. The molecule has 2 heteroatoms. The molecule has 0 radical (unpaired) electrons. The van der Waals surface area contributed by atoms with Crippen molar-refractivity contribution in [1.29, 1.82) is 0 Å². The molecule has 72 valence electrons. The van der Waals surface area contributed by atoms with Gasteiger partial charge in [-0.2, -0.15) is 0 Å². The Labute approximate surface area is 78.3 Å². The van der Waals surface area contributed by atoms with Crippen LogP contribution in [0.1, 0.15) is 38.5 Å². The summed E-state index contributed by atoms with van der Waals surface area (Å²) in [6.07, 6.45) is 7.03. The second-order valence-corrected chi connectivity index (χ2v) is 5.11. The first kappa shape index (κ1) is 7.84. The van der Waals surface area contributed by atoms with Gasteiger partial charge in [0.2, 0.25) is 0 Å². The van der Waals surface area contributed by atoms with Crippen molar-refractivity contribution in [3.63, 3.8) is 0 Å². The van der Waals surface area contributed by atoms with Gasteiger partial charge in [-0.05, 0) is 49.9 Å². The van der Waals surface area contributed by atoms with Crippen LogP contribution in [0.25, 0.3) is 0 Å². The highest BCUT2D eigenvalue weighted by molar-refractivity contribution is 5.77. The molecular formula is C11H16O2. The van der Waals surface area contributed by atoms with Gasteiger partial charge in [0, 0.05) is 0 Å². The van der Waals surface area contributed by atoms with E-state index in [1.165, 1.54) is 25.7 Å². The van der Waals surface area contributed by atoms with Crippen LogP contribution in [-0.2, 0) is 4.79 Å². The van der Waals surface area contributed by atoms with Gasteiger partial charge in [0.15, 0.2) is 0 Å². The largest absolute Gasteiger partial charge is 0.481 e. The van der Waals surface area contributed by atoms with Gasteiger partial charge in [-0.1, -0.05) is 6.42 Å². The summed E-state index contributed by atoms with van der Waals surface area (Å²) in [6.45, 7) is 0. The van der Waals surface area contributed by atoms with Gasteiger partial charge in [-0.15, -0.1) is 0 Å². The number of aliphatic carboxylic acids is 1. The number of fused-ring (bicyclic) bond motifs is 5. The van der Waals surface area contributed by atoms with E-state index in [2.05, 4.69) is 0 Å². The van der Waals surface area contributed by atoms with Crippen molar-refractivity contribution in [1.82, 2.24) is 0 Å². The monoisotopic (exact) mass is 180 g/mol. The van der Waals surface area contributed by atoms with Crippen molar-refractivity contribution >= 4 is 5.97 Å². The lowest BCUT2D eigenvalue weighted by Crippen LogP contribution is -2.39. The second kappa shape index (κ2) is 2.28. The molecule has 0 aliphatic heterocycles. The summed E-state index contributed by atoms with van der Waals surface area (Å²) in [7, 11) is 0. The molecule has 2 nitrogen and oxygen atoms in total. The van der Waals surface area contributed by atoms with Crippen LogP contribution in [0.2, 0.25) is 0 Å². The van der Waals surface area contributed by atoms with Crippen molar-refractivity contribution in [2.45, 2.75) is 38.5 Å². The molecule has 0 aromatic heterocycles. The van der Waals surface area contributed by atoms with E-state index in [1.807, 2.05) is 0 Å². The maximum atomic E-state index is 11.4. The molecule has 0 aromatic carbocycles. The minimum absolute atomic E-state index is 0.261. The van der Waals surface area contributed by atoms with Crippen molar-refractivity contribution in [2.75, 3.05) is 0 Å². The lowest BCUT2D eigenvalue weighted by Gasteiger charge is -2.35. The van der Waals surface area contributed by atoms with Crippen LogP contribution >= 0.6 is 0 Å². The summed E-state index contributed by atoms with van der Waals surface area (Å²) in [6, 6.07) is 0. The Morgan fingerprint density at radius 3 is 2.85 bits per heavy atom. The molecule has 0 aromatic rings. The first-order valence-corrected chi connectivity index (χ1v) is 5.48. The number of carboxylic acid groups (broad SMARTS) is 1. The quantitative estimate of drug-likeness (QED) is 0.672. The highest BCUT2D eigenvalue weighted by Crippen LogP contribution is 2.66. The molecule has 3 fully saturated rings. The van der Waals surface area contributed by atoms with Gasteiger partial charge in [0.05, 0.1) is 5.41 Å². The number of carbonyl (C=O) groups is 1. The number of hydrogen-bond acceptors (Lipinski definition) is 1. The predicted molar refractivity (Wildman–Crippen MR) is 48.2 cm³/mol. The molecule has 13 heavy (non-hydrogen) atoms. The van der Waals surface area contributed by atoms with E-state index < -0.39 is 5.97 Å². The van der Waals surface area contributed by atoms with Crippen LogP contribution in [0.3, 0.4) is 0 Å². The lowest BCUT2D eigenvalue weighted by molar-refractivity contribution is -0.154. The molecule has 0 spiro atoms. The van der Waals surface area contributed by atoms with Crippen molar-refractivity contribution in [3.05, 3.63) is 0 Å². The fourth-order valence-electron chi connectivity index (χ4n) is 4.51. The predicted octanol–water partition coefficient (Wildman–Crippen LogP) is 2.29. The van der Waals surface area contributed by atoms with Gasteiger partial charge >= 0.3 is 5.97 Å². The minimum atomic E-state index is -0.484. The lowest BCUT2D eigenvalue weighted by atomic mass is 9.68. The molecule has 3 aliphatic carbocycles. The van der Waals surface area contributed by atoms with Crippen molar-refractivity contribution in [3.8, 4) is 0 Å². The number of rotatable bonds is 1. The summed E-state index contributed by atoms with van der Waals surface area (Å²) in [4.78, 5) is 11.4. The summed E-state index contributed by atoms with van der Waals surface area (Å²) >= 11 is 0. The molecule has 2 bridgehead atoms. The zero-order valence-corrected chi connectivity index (χ0v) is 7.83. The summed E-state index contributed by atoms with van der Waals surface area (Å²) < 4.78 is 0. The smallest absolute Gasteiger partial charge is 0.310 e. The van der Waals surface area contributed by atoms with Crippen molar-refractivity contribution < 1.29 is 9.90 Å². The number of carboxylic acids is 1. The Balaban J connectivity index is 2.04. The third-order valence-corrected chi connectivity index (χ3v) is 4.94.